The monoisotopic (exact) mass is 370 g/mol. The summed E-state index contributed by atoms with van der Waals surface area (Å²) < 4.78 is 5.83. The summed E-state index contributed by atoms with van der Waals surface area (Å²) in [4.78, 5) is 27.9. The van der Waals surface area contributed by atoms with Gasteiger partial charge in [0.1, 0.15) is 11.6 Å². The van der Waals surface area contributed by atoms with E-state index in [0.717, 1.165) is 59.2 Å². The quantitative estimate of drug-likeness (QED) is 0.746. The molecular weight excluding hydrogens is 348 g/mol. The van der Waals surface area contributed by atoms with E-state index >= 15 is 0 Å². The zero-order valence-corrected chi connectivity index (χ0v) is 15.9. The lowest BCUT2D eigenvalue weighted by molar-refractivity contribution is 0.237. The van der Waals surface area contributed by atoms with Crippen molar-refractivity contribution in [2.24, 2.45) is 0 Å². The number of thiophene rings is 1. The van der Waals surface area contributed by atoms with Crippen molar-refractivity contribution in [1.29, 1.82) is 0 Å². The van der Waals surface area contributed by atoms with Crippen LogP contribution in [0.3, 0.4) is 0 Å². The summed E-state index contributed by atoms with van der Waals surface area (Å²) >= 11 is 1.62. The van der Waals surface area contributed by atoms with Gasteiger partial charge in [-0.2, -0.15) is 0 Å². The Morgan fingerprint density at radius 3 is 3.04 bits per heavy atom. The van der Waals surface area contributed by atoms with Gasteiger partial charge in [-0.15, -0.1) is 11.3 Å². The SMILES string of the molecule is CCCc1nc2c(c(=O)[nH]1)CN(Cc1nc(-c3cccs3)oc1C)CC2. The standard InChI is InChI=1S/C19H22N4O2S/c1-3-5-17-20-14-7-8-23(10-13(14)18(24)22-17)11-15-12(2)25-19(21-15)16-6-4-9-26-16/h4,6,9H,3,5,7-8,10-11H2,1-2H3,(H,20,22,24). The number of H-pyrrole nitrogens is 1. The minimum atomic E-state index is -0.000649. The third kappa shape index (κ3) is 3.37. The number of hydrogen-bond donors (Lipinski definition) is 1. The highest BCUT2D eigenvalue weighted by Gasteiger charge is 2.23. The van der Waals surface area contributed by atoms with Crippen LogP contribution in [0.15, 0.2) is 26.7 Å². The minimum absolute atomic E-state index is 0.000649. The third-order valence-corrected chi connectivity index (χ3v) is 5.54. The number of nitrogens with zero attached hydrogens (tertiary/aromatic N) is 3. The number of hydrogen-bond acceptors (Lipinski definition) is 6. The van der Waals surface area contributed by atoms with Crippen LogP contribution in [0, 0.1) is 6.92 Å². The fourth-order valence-electron chi connectivity index (χ4n) is 3.31. The molecule has 0 amide bonds. The first-order chi connectivity index (χ1) is 12.6. The normalized spacial score (nSPS) is 14.5. The fourth-order valence-corrected chi connectivity index (χ4v) is 3.96. The van der Waals surface area contributed by atoms with Crippen LogP contribution < -0.4 is 5.56 Å². The van der Waals surface area contributed by atoms with Gasteiger partial charge in [-0.05, 0) is 24.8 Å². The highest BCUT2D eigenvalue weighted by molar-refractivity contribution is 7.13. The Kier molecular flexibility index (Phi) is 4.74. The molecule has 0 unspecified atom stereocenters. The molecule has 4 rings (SSSR count). The lowest BCUT2D eigenvalue weighted by Gasteiger charge is -2.27. The van der Waals surface area contributed by atoms with E-state index in [2.05, 4.69) is 26.8 Å². The molecule has 0 radical (unpaired) electrons. The van der Waals surface area contributed by atoms with Gasteiger partial charge in [0.25, 0.3) is 5.56 Å². The maximum absolute atomic E-state index is 12.4. The molecule has 0 saturated carbocycles. The first-order valence-electron chi connectivity index (χ1n) is 8.97. The van der Waals surface area contributed by atoms with E-state index in [-0.39, 0.29) is 5.56 Å². The third-order valence-electron chi connectivity index (χ3n) is 4.68. The van der Waals surface area contributed by atoms with Gasteiger partial charge in [-0.25, -0.2) is 9.97 Å². The van der Waals surface area contributed by atoms with Crippen LogP contribution in [0.2, 0.25) is 0 Å². The van der Waals surface area contributed by atoms with E-state index in [4.69, 9.17) is 4.42 Å². The minimum Gasteiger partial charge on any atom is -0.440 e. The lowest BCUT2D eigenvalue weighted by atomic mass is 10.1. The largest absolute Gasteiger partial charge is 0.440 e. The van der Waals surface area contributed by atoms with Gasteiger partial charge >= 0.3 is 0 Å². The number of aromatic nitrogens is 3. The average molecular weight is 370 g/mol. The van der Waals surface area contributed by atoms with E-state index in [1.165, 1.54) is 0 Å². The van der Waals surface area contributed by atoms with Crippen LogP contribution in [0.4, 0.5) is 0 Å². The van der Waals surface area contributed by atoms with Crippen molar-refractivity contribution in [3.05, 3.63) is 56.4 Å². The number of fused-ring (bicyclic) bond motifs is 1. The Morgan fingerprint density at radius 2 is 2.27 bits per heavy atom. The van der Waals surface area contributed by atoms with Crippen LogP contribution in [-0.2, 0) is 25.9 Å². The van der Waals surface area contributed by atoms with Crippen LogP contribution in [0.25, 0.3) is 10.8 Å². The Bertz CT molecular complexity index is 959. The van der Waals surface area contributed by atoms with Crippen molar-refractivity contribution in [3.8, 4) is 10.8 Å². The second-order valence-corrected chi connectivity index (χ2v) is 7.60. The molecule has 3 aromatic rings. The molecule has 0 bridgehead atoms. The maximum atomic E-state index is 12.4. The van der Waals surface area contributed by atoms with Crippen LogP contribution >= 0.6 is 11.3 Å². The predicted molar refractivity (Wildman–Crippen MR) is 101 cm³/mol. The van der Waals surface area contributed by atoms with Crippen LogP contribution in [0.5, 0.6) is 0 Å². The van der Waals surface area contributed by atoms with E-state index in [0.29, 0.717) is 19.0 Å². The number of aromatic amines is 1. The van der Waals surface area contributed by atoms with E-state index < -0.39 is 0 Å². The van der Waals surface area contributed by atoms with Crippen molar-refractivity contribution < 1.29 is 4.42 Å². The Hall–Kier alpha value is -2.25. The van der Waals surface area contributed by atoms with Crippen molar-refractivity contribution in [3.63, 3.8) is 0 Å². The Balaban J connectivity index is 1.52. The molecule has 0 aliphatic carbocycles. The molecule has 0 fully saturated rings. The second kappa shape index (κ2) is 7.17. The number of nitrogens with one attached hydrogen (secondary N) is 1. The molecule has 1 aliphatic rings. The molecule has 136 valence electrons. The summed E-state index contributed by atoms with van der Waals surface area (Å²) in [7, 11) is 0. The molecule has 1 aliphatic heterocycles. The van der Waals surface area contributed by atoms with Gasteiger partial charge in [0.15, 0.2) is 0 Å². The smallest absolute Gasteiger partial charge is 0.255 e. The molecule has 1 N–H and O–H groups in total. The summed E-state index contributed by atoms with van der Waals surface area (Å²) in [5, 5.41) is 2.02. The molecule has 0 aromatic carbocycles. The van der Waals surface area contributed by atoms with E-state index in [1.54, 1.807) is 11.3 Å². The highest BCUT2D eigenvalue weighted by atomic mass is 32.1. The Labute approximate surface area is 155 Å². The summed E-state index contributed by atoms with van der Waals surface area (Å²) in [5.74, 6) is 2.32. The van der Waals surface area contributed by atoms with E-state index in [9.17, 15) is 4.79 Å². The maximum Gasteiger partial charge on any atom is 0.255 e. The lowest BCUT2D eigenvalue weighted by Crippen LogP contribution is -2.36. The molecule has 0 spiro atoms. The number of rotatable bonds is 5. The Morgan fingerprint density at radius 1 is 1.38 bits per heavy atom. The van der Waals surface area contributed by atoms with Crippen molar-refractivity contribution >= 4 is 11.3 Å². The summed E-state index contributed by atoms with van der Waals surface area (Å²) in [6, 6.07) is 4.00. The van der Waals surface area contributed by atoms with Gasteiger partial charge < -0.3 is 9.40 Å². The molecular formula is C19H22N4O2S. The summed E-state index contributed by atoms with van der Waals surface area (Å²) in [6.07, 6.45) is 2.59. The summed E-state index contributed by atoms with van der Waals surface area (Å²) in [5.41, 5.74) is 2.67. The van der Waals surface area contributed by atoms with Gasteiger partial charge in [-0.1, -0.05) is 13.0 Å². The van der Waals surface area contributed by atoms with Gasteiger partial charge in [0.2, 0.25) is 5.89 Å². The van der Waals surface area contributed by atoms with Crippen molar-refractivity contribution in [2.75, 3.05) is 6.54 Å². The number of aryl methyl sites for hydroxylation is 2. The first-order valence-corrected chi connectivity index (χ1v) is 9.85. The molecule has 0 atom stereocenters. The zero-order chi connectivity index (χ0) is 18.1. The van der Waals surface area contributed by atoms with Crippen LogP contribution in [-0.4, -0.2) is 26.4 Å². The average Bonchev–Trinajstić information content (AvgIpc) is 3.26. The van der Waals surface area contributed by atoms with Crippen LogP contribution in [0.1, 0.15) is 41.9 Å². The van der Waals surface area contributed by atoms with E-state index in [1.807, 2.05) is 24.4 Å². The van der Waals surface area contributed by atoms with Gasteiger partial charge in [-0.3, -0.25) is 9.69 Å². The molecule has 7 heteroatoms. The van der Waals surface area contributed by atoms with Gasteiger partial charge in [0.05, 0.1) is 21.8 Å². The summed E-state index contributed by atoms with van der Waals surface area (Å²) in [6.45, 7) is 6.19. The predicted octanol–water partition coefficient (Wildman–Crippen LogP) is 3.31. The molecule has 3 aromatic heterocycles. The molecule has 0 saturated heterocycles. The molecule has 26 heavy (non-hydrogen) atoms. The molecule has 6 nitrogen and oxygen atoms in total. The first kappa shape index (κ1) is 17.2. The second-order valence-electron chi connectivity index (χ2n) is 6.65. The van der Waals surface area contributed by atoms with Gasteiger partial charge in [0, 0.05) is 32.5 Å². The highest BCUT2D eigenvalue weighted by Crippen LogP contribution is 2.27. The van der Waals surface area contributed by atoms with Crippen molar-refractivity contribution in [1.82, 2.24) is 19.9 Å². The topological polar surface area (TPSA) is 75.0 Å². The zero-order valence-electron chi connectivity index (χ0n) is 15.0. The molecule has 4 heterocycles. The van der Waals surface area contributed by atoms with Crippen molar-refractivity contribution in [2.45, 2.75) is 46.2 Å². The number of oxazole rings is 1. The fraction of sp³-hybridized carbons (Fsp3) is 0.421.